The quantitative estimate of drug-likeness (QED) is 0.510. The van der Waals surface area contributed by atoms with Crippen LogP contribution in [0.3, 0.4) is 0 Å². The van der Waals surface area contributed by atoms with Crippen LogP contribution < -0.4 is 9.80 Å². The summed E-state index contributed by atoms with van der Waals surface area (Å²) in [7, 11) is -1.33. The van der Waals surface area contributed by atoms with Gasteiger partial charge in [0.05, 0.1) is 40.6 Å². The van der Waals surface area contributed by atoms with Crippen LogP contribution in [-0.4, -0.2) is 80.2 Å². The molecule has 2 aliphatic heterocycles. The van der Waals surface area contributed by atoms with Crippen LogP contribution in [0, 0.1) is 0 Å². The third kappa shape index (κ3) is 5.12. The standard InChI is InChI=1S/C28H36N4O6S/c1-31(19-12-14-37-15-13-19)26-25-23(10-11-24(25)33)29-28(30-26)32-16-20(17-32)38-27(34)18-6-8-22(9-7-18)39(35,36)21-4-2-3-5-21/h6-9,19-21,24,33H,2-5,10-17H2,1H3. The van der Waals surface area contributed by atoms with Gasteiger partial charge in [0, 0.05) is 31.9 Å². The fraction of sp³-hybridized carbons (Fsp3) is 0.607. The minimum Gasteiger partial charge on any atom is -0.455 e. The first-order valence-corrected chi connectivity index (χ1v) is 15.5. The zero-order chi connectivity index (χ0) is 27.1. The van der Waals surface area contributed by atoms with Crippen molar-refractivity contribution in [1.29, 1.82) is 0 Å². The summed E-state index contributed by atoms with van der Waals surface area (Å²) in [5, 5.41) is 10.3. The molecule has 6 rings (SSSR count). The maximum absolute atomic E-state index is 12.8. The number of carbonyl (C=O) groups is 1. The number of aromatic nitrogens is 2. The van der Waals surface area contributed by atoms with E-state index in [-0.39, 0.29) is 16.2 Å². The molecule has 0 bridgehead atoms. The molecule has 1 atom stereocenters. The van der Waals surface area contributed by atoms with E-state index in [0.29, 0.717) is 56.3 Å². The van der Waals surface area contributed by atoms with Crippen LogP contribution in [-0.2, 0) is 25.7 Å². The number of aliphatic hydroxyl groups is 1. The van der Waals surface area contributed by atoms with Gasteiger partial charge in [-0.3, -0.25) is 0 Å². The van der Waals surface area contributed by atoms with E-state index in [4.69, 9.17) is 19.4 Å². The average Bonchev–Trinajstić information content (AvgIpc) is 3.61. The lowest BCUT2D eigenvalue weighted by Crippen LogP contribution is -2.54. The molecule has 4 aliphatic rings. The number of benzene rings is 1. The summed E-state index contributed by atoms with van der Waals surface area (Å²) >= 11 is 0. The van der Waals surface area contributed by atoms with Crippen molar-refractivity contribution in [1.82, 2.24) is 9.97 Å². The SMILES string of the molecule is CN(c1nc(N2CC(OC(=O)c3ccc(S(=O)(=O)C4CCCC4)cc3)C2)nc2c1C(O)CC2)C1CCOCC1. The monoisotopic (exact) mass is 556 g/mol. The van der Waals surface area contributed by atoms with E-state index in [0.717, 1.165) is 56.0 Å². The van der Waals surface area contributed by atoms with Crippen molar-refractivity contribution in [2.45, 2.75) is 79.8 Å². The number of anilines is 2. The second kappa shape index (κ2) is 10.7. The highest BCUT2D eigenvalue weighted by atomic mass is 32.2. The Morgan fingerprint density at radius 3 is 2.44 bits per heavy atom. The van der Waals surface area contributed by atoms with Gasteiger partial charge in [0.2, 0.25) is 5.95 Å². The Bertz CT molecular complexity index is 1320. The lowest BCUT2D eigenvalue weighted by molar-refractivity contribution is 0.0231. The molecule has 3 heterocycles. The van der Waals surface area contributed by atoms with Crippen LogP contribution in [0.25, 0.3) is 0 Å². The van der Waals surface area contributed by atoms with Crippen LogP contribution in [0.4, 0.5) is 11.8 Å². The molecule has 210 valence electrons. The first-order valence-electron chi connectivity index (χ1n) is 14.0. The highest BCUT2D eigenvalue weighted by Gasteiger charge is 2.37. The fourth-order valence-corrected chi connectivity index (χ4v) is 8.02. The Hall–Kier alpha value is -2.76. The molecule has 1 saturated carbocycles. The van der Waals surface area contributed by atoms with Crippen LogP contribution >= 0.6 is 0 Å². The number of rotatable bonds is 7. The summed E-state index contributed by atoms with van der Waals surface area (Å²) in [5.41, 5.74) is 2.05. The van der Waals surface area contributed by atoms with Crippen molar-refractivity contribution < 1.29 is 27.8 Å². The number of ether oxygens (including phenoxy) is 2. The summed E-state index contributed by atoms with van der Waals surface area (Å²) < 4.78 is 36.8. The van der Waals surface area contributed by atoms with Gasteiger partial charge in [-0.2, -0.15) is 4.98 Å². The largest absolute Gasteiger partial charge is 0.455 e. The summed E-state index contributed by atoms with van der Waals surface area (Å²) in [6.07, 6.45) is 5.60. The van der Waals surface area contributed by atoms with Crippen LogP contribution in [0.15, 0.2) is 29.2 Å². The highest BCUT2D eigenvalue weighted by Crippen LogP contribution is 2.39. The molecule has 0 spiro atoms. The van der Waals surface area contributed by atoms with Crippen LogP contribution in [0.2, 0.25) is 0 Å². The number of fused-ring (bicyclic) bond motifs is 1. The van der Waals surface area contributed by atoms with Crippen molar-refractivity contribution >= 4 is 27.6 Å². The average molecular weight is 557 g/mol. The summed E-state index contributed by atoms with van der Waals surface area (Å²) in [6.45, 7) is 2.38. The van der Waals surface area contributed by atoms with E-state index >= 15 is 0 Å². The van der Waals surface area contributed by atoms with E-state index in [1.54, 1.807) is 0 Å². The first kappa shape index (κ1) is 26.5. The Kier molecular flexibility index (Phi) is 7.24. The van der Waals surface area contributed by atoms with Gasteiger partial charge in [-0.25, -0.2) is 18.2 Å². The van der Waals surface area contributed by atoms with Gasteiger partial charge in [-0.1, -0.05) is 12.8 Å². The van der Waals surface area contributed by atoms with Gasteiger partial charge in [0.25, 0.3) is 0 Å². The van der Waals surface area contributed by atoms with Crippen molar-refractivity contribution in [3.05, 3.63) is 41.1 Å². The third-order valence-electron chi connectivity index (χ3n) is 8.62. The van der Waals surface area contributed by atoms with Crippen LogP contribution in [0.5, 0.6) is 0 Å². The van der Waals surface area contributed by atoms with Gasteiger partial charge >= 0.3 is 5.97 Å². The Labute approximate surface area is 229 Å². The number of aliphatic hydroxyl groups excluding tert-OH is 1. The molecular formula is C28H36N4O6S. The number of aryl methyl sites for hydroxylation is 1. The van der Waals surface area contributed by atoms with Crippen molar-refractivity contribution in [2.24, 2.45) is 0 Å². The van der Waals surface area contributed by atoms with E-state index in [9.17, 15) is 18.3 Å². The van der Waals surface area contributed by atoms with Gasteiger partial charge in [0.1, 0.15) is 11.9 Å². The molecule has 2 saturated heterocycles. The minimum atomic E-state index is -3.36. The molecular weight excluding hydrogens is 520 g/mol. The molecule has 1 aromatic heterocycles. The van der Waals surface area contributed by atoms with E-state index in [1.807, 2.05) is 11.9 Å². The first-order chi connectivity index (χ1) is 18.8. The van der Waals surface area contributed by atoms with E-state index < -0.39 is 21.9 Å². The summed E-state index contributed by atoms with van der Waals surface area (Å²) in [6, 6.07) is 6.39. The number of carbonyl (C=O) groups excluding carboxylic acids is 1. The van der Waals surface area contributed by atoms with Crippen LogP contribution in [0.1, 0.15) is 72.7 Å². The number of nitrogens with zero attached hydrogens (tertiary/aromatic N) is 4. The Morgan fingerprint density at radius 2 is 1.74 bits per heavy atom. The lowest BCUT2D eigenvalue weighted by atomic mass is 10.1. The van der Waals surface area contributed by atoms with Gasteiger partial charge < -0.3 is 24.4 Å². The predicted octanol–water partition coefficient (Wildman–Crippen LogP) is 2.83. The maximum Gasteiger partial charge on any atom is 0.338 e. The van der Waals surface area contributed by atoms with E-state index in [2.05, 4.69) is 4.90 Å². The highest BCUT2D eigenvalue weighted by molar-refractivity contribution is 7.92. The molecule has 2 aliphatic carbocycles. The van der Waals surface area contributed by atoms with E-state index in [1.165, 1.54) is 24.3 Å². The molecule has 1 aromatic carbocycles. The summed E-state index contributed by atoms with van der Waals surface area (Å²) in [4.78, 5) is 26.8. The Morgan fingerprint density at radius 1 is 1.05 bits per heavy atom. The predicted molar refractivity (Wildman–Crippen MR) is 145 cm³/mol. The minimum absolute atomic E-state index is 0.265. The normalized spacial score (nSPS) is 22.5. The molecule has 1 N–H and O–H groups in total. The molecule has 3 fully saturated rings. The van der Waals surface area contributed by atoms with Crippen molar-refractivity contribution in [3.8, 4) is 0 Å². The van der Waals surface area contributed by atoms with Crippen molar-refractivity contribution in [3.63, 3.8) is 0 Å². The number of hydrogen-bond acceptors (Lipinski definition) is 10. The molecule has 39 heavy (non-hydrogen) atoms. The zero-order valence-electron chi connectivity index (χ0n) is 22.3. The third-order valence-corrected chi connectivity index (χ3v) is 10.9. The van der Waals surface area contributed by atoms with Crippen molar-refractivity contribution in [2.75, 3.05) is 43.2 Å². The number of esters is 1. The summed E-state index contributed by atoms with van der Waals surface area (Å²) in [5.74, 6) is 0.896. The lowest BCUT2D eigenvalue weighted by Gasteiger charge is -2.39. The molecule has 0 amide bonds. The van der Waals surface area contributed by atoms with Gasteiger partial charge in [0.15, 0.2) is 9.84 Å². The number of sulfone groups is 1. The second-order valence-corrected chi connectivity index (χ2v) is 13.4. The maximum atomic E-state index is 12.8. The second-order valence-electron chi connectivity index (χ2n) is 11.1. The molecule has 11 heteroatoms. The smallest absolute Gasteiger partial charge is 0.338 e. The fourth-order valence-electron chi connectivity index (χ4n) is 6.16. The molecule has 2 aromatic rings. The van der Waals surface area contributed by atoms with Gasteiger partial charge in [-0.05, 0) is 62.8 Å². The molecule has 1 unspecified atom stereocenters. The van der Waals surface area contributed by atoms with Gasteiger partial charge in [-0.15, -0.1) is 0 Å². The zero-order valence-corrected chi connectivity index (χ0v) is 23.1. The number of hydrogen-bond donors (Lipinski definition) is 1. The topological polar surface area (TPSA) is 122 Å². The Balaban J connectivity index is 1.10. The molecule has 10 nitrogen and oxygen atoms in total. The molecule has 0 radical (unpaired) electrons.